The lowest BCUT2D eigenvalue weighted by atomic mass is 10.1. The van der Waals surface area contributed by atoms with Gasteiger partial charge in [0.2, 0.25) is 0 Å². The van der Waals surface area contributed by atoms with E-state index in [0.717, 1.165) is 12.8 Å². The molecule has 0 bridgehead atoms. The second kappa shape index (κ2) is 6.74. The van der Waals surface area contributed by atoms with Gasteiger partial charge in [-0.15, -0.1) is 0 Å². The molecule has 2 N–H and O–H groups in total. The van der Waals surface area contributed by atoms with Gasteiger partial charge in [-0.05, 0) is 25.0 Å². The lowest BCUT2D eigenvalue weighted by molar-refractivity contribution is 0.142. The van der Waals surface area contributed by atoms with Crippen LogP contribution in [0, 0.1) is 0 Å². The average Bonchev–Trinajstić information content (AvgIpc) is 2.33. The van der Waals surface area contributed by atoms with E-state index >= 15 is 0 Å². The maximum Gasteiger partial charge on any atom is 0.511 e. The predicted molar refractivity (Wildman–Crippen MR) is 66.5 cm³/mol. The van der Waals surface area contributed by atoms with Gasteiger partial charge in [-0.25, -0.2) is 4.79 Å². The summed E-state index contributed by atoms with van der Waals surface area (Å²) >= 11 is 0. The van der Waals surface area contributed by atoms with Gasteiger partial charge in [-0.1, -0.05) is 20.3 Å². The number of hydrogen-bond acceptors (Lipinski definition) is 4. The van der Waals surface area contributed by atoms with Crippen LogP contribution in [0.5, 0.6) is 17.2 Å². The Morgan fingerprint density at radius 3 is 2.44 bits per heavy atom. The van der Waals surface area contributed by atoms with E-state index in [-0.39, 0.29) is 11.5 Å². The van der Waals surface area contributed by atoms with Crippen LogP contribution in [0.1, 0.15) is 32.3 Å². The number of phenolic OH excluding ortho intramolecular Hbond substituents is 1. The molecule has 0 saturated carbocycles. The number of carbonyl (C=O) groups is 1. The van der Waals surface area contributed by atoms with Crippen LogP contribution in [0.3, 0.4) is 0 Å². The van der Waals surface area contributed by atoms with Crippen LogP contribution in [-0.2, 0) is 6.42 Å². The molecule has 0 aliphatic rings. The molecule has 100 valence electrons. The van der Waals surface area contributed by atoms with Gasteiger partial charge in [0.15, 0.2) is 11.5 Å². The molecule has 5 heteroatoms. The summed E-state index contributed by atoms with van der Waals surface area (Å²) in [5.41, 5.74) is 0.588. The first kappa shape index (κ1) is 14.2. The van der Waals surface area contributed by atoms with E-state index < -0.39 is 6.16 Å². The minimum absolute atomic E-state index is 0.0604. The second-order valence-electron chi connectivity index (χ2n) is 3.86. The van der Waals surface area contributed by atoms with E-state index in [1.54, 1.807) is 6.07 Å². The number of phenols is 1. The molecule has 0 aromatic heterocycles. The molecule has 1 rings (SSSR count). The number of ether oxygens (including phenoxy) is 2. The van der Waals surface area contributed by atoms with E-state index in [1.807, 2.05) is 13.8 Å². The van der Waals surface area contributed by atoms with Gasteiger partial charge in [-0.3, -0.25) is 0 Å². The Balaban J connectivity index is 3.06. The van der Waals surface area contributed by atoms with Crippen molar-refractivity contribution in [1.29, 1.82) is 0 Å². The van der Waals surface area contributed by atoms with E-state index in [2.05, 4.69) is 4.74 Å². The summed E-state index contributed by atoms with van der Waals surface area (Å²) in [7, 11) is 0. The van der Waals surface area contributed by atoms with E-state index in [9.17, 15) is 9.90 Å². The zero-order valence-corrected chi connectivity index (χ0v) is 10.6. The van der Waals surface area contributed by atoms with Crippen molar-refractivity contribution in [2.45, 2.75) is 33.1 Å². The normalized spacial score (nSPS) is 10.1. The summed E-state index contributed by atoms with van der Waals surface area (Å²) in [6, 6.07) is 3.02. The molecule has 1 aromatic carbocycles. The van der Waals surface area contributed by atoms with Gasteiger partial charge in [0.25, 0.3) is 0 Å². The van der Waals surface area contributed by atoms with Crippen molar-refractivity contribution in [3.05, 3.63) is 17.7 Å². The standard InChI is InChI=1S/C13H18O5/c1-3-5-9-10(17-8-4-2)6-7-11(12(9)14)18-13(15)16/h6-7,14H,3-5,8H2,1-2H3,(H,15,16). The third-order valence-electron chi connectivity index (χ3n) is 2.36. The van der Waals surface area contributed by atoms with Crippen LogP contribution in [0.2, 0.25) is 0 Å². The third kappa shape index (κ3) is 3.55. The molecule has 18 heavy (non-hydrogen) atoms. The van der Waals surface area contributed by atoms with Crippen molar-refractivity contribution >= 4 is 6.16 Å². The van der Waals surface area contributed by atoms with Crippen molar-refractivity contribution in [2.75, 3.05) is 6.61 Å². The Bertz CT molecular complexity index is 414. The molecule has 0 atom stereocenters. The van der Waals surface area contributed by atoms with E-state index in [1.165, 1.54) is 6.07 Å². The highest BCUT2D eigenvalue weighted by atomic mass is 16.7. The Morgan fingerprint density at radius 2 is 1.89 bits per heavy atom. The number of rotatable bonds is 6. The van der Waals surface area contributed by atoms with Gasteiger partial charge in [0.05, 0.1) is 6.61 Å². The van der Waals surface area contributed by atoms with Gasteiger partial charge in [0.1, 0.15) is 5.75 Å². The minimum atomic E-state index is -1.45. The highest BCUT2D eigenvalue weighted by molar-refractivity contribution is 5.65. The summed E-state index contributed by atoms with van der Waals surface area (Å²) < 4.78 is 10.0. The fraction of sp³-hybridized carbons (Fsp3) is 0.462. The molecule has 0 amide bonds. The lowest BCUT2D eigenvalue weighted by Crippen LogP contribution is -2.05. The summed E-state index contributed by atoms with van der Waals surface area (Å²) in [4.78, 5) is 10.5. The molecule has 0 spiro atoms. The van der Waals surface area contributed by atoms with Crippen molar-refractivity contribution in [3.8, 4) is 17.2 Å². The molecule has 0 heterocycles. The van der Waals surface area contributed by atoms with Gasteiger partial charge in [-0.2, -0.15) is 0 Å². The van der Waals surface area contributed by atoms with Crippen LogP contribution in [0.4, 0.5) is 4.79 Å². The third-order valence-corrected chi connectivity index (χ3v) is 2.36. The minimum Gasteiger partial charge on any atom is -0.504 e. The smallest absolute Gasteiger partial charge is 0.504 e. The maximum atomic E-state index is 10.5. The predicted octanol–water partition coefficient (Wildman–Crippen LogP) is 3.19. The van der Waals surface area contributed by atoms with Crippen LogP contribution >= 0.6 is 0 Å². The van der Waals surface area contributed by atoms with Crippen LogP contribution in [0.25, 0.3) is 0 Å². The number of hydrogen-bond donors (Lipinski definition) is 2. The zero-order chi connectivity index (χ0) is 13.5. The van der Waals surface area contributed by atoms with Gasteiger partial charge >= 0.3 is 6.16 Å². The van der Waals surface area contributed by atoms with Crippen molar-refractivity contribution in [3.63, 3.8) is 0 Å². The highest BCUT2D eigenvalue weighted by Gasteiger charge is 2.16. The van der Waals surface area contributed by atoms with Crippen LogP contribution < -0.4 is 9.47 Å². The first-order valence-corrected chi connectivity index (χ1v) is 5.98. The lowest BCUT2D eigenvalue weighted by Gasteiger charge is -2.14. The number of benzene rings is 1. The fourth-order valence-corrected chi connectivity index (χ4v) is 1.61. The summed E-state index contributed by atoms with van der Waals surface area (Å²) in [6.45, 7) is 4.50. The Labute approximate surface area is 106 Å². The molecular weight excluding hydrogens is 236 g/mol. The molecule has 5 nitrogen and oxygen atoms in total. The Morgan fingerprint density at radius 1 is 1.22 bits per heavy atom. The average molecular weight is 254 g/mol. The monoisotopic (exact) mass is 254 g/mol. The van der Waals surface area contributed by atoms with E-state index in [0.29, 0.717) is 24.3 Å². The molecule has 0 aliphatic heterocycles. The molecule has 0 aliphatic carbocycles. The molecule has 0 saturated heterocycles. The maximum absolute atomic E-state index is 10.5. The number of aromatic hydroxyl groups is 1. The van der Waals surface area contributed by atoms with Crippen LogP contribution in [0.15, 0.2) is 12.1 Å². The number of carboxylic acid groups (broad SMARTS) is 1. The SMILES string of the molecule is CCCOc1ccc(OC(=O)O)c(O)c1CCC. The van der Waals surface area contributed by atoms with Gasteiger partial charge < -0.3 is 19.7 Å². The molecule has 0 unspecified atom stereocenters. The van der Waals surface area contributed by atoms with Crippen molar-refractivity contribution in [1.82, 2.24) is 0 Å². The van der Waals surface area contributed by atoms with Crippen molar-refractivity contribution < 1.29 is 24.5 Å². The molecule has 0 fully saturated rings. The summed E-state index contributed by atoms with van der Waals surface area (Å²) in [5, 5.41) is 18.5. The first-order chi connectivity index (χ1) is 8.60. The highest BCUT2D eigenvalue weighted by Crippen LogP contribution is 2.37. The second-order valence-corrected chi connectivity index (χ2v) is 3.86. The molecule has 1 aromatic rings. The molecule has 0 radical (unpaired) electrons. The molecular formula is C13H18O5. The van der Waals surface area contributed by atoms with E-state index in [4.69, 9.17) is 9.84 Å². The Hall–Kier alpha value is -1.91. The summed E-state index contributed by atoms with van der Waals surface area (Å²) in [5.74, 6) is 0.358. The topological polar surface area (TPSA) is 76.0 Å². The fourth-order valence-electron chi connectivity index (χ4n) is 1.61. The zero-order valence-electron chi connectivity index (χ0n) is 10.6. The van der Waals surface area contributed by atoms with Gasteiger partial charge in [0, 0.05) is 5.56 Å². The summed E-state index contributed by atoms with van der Waals surface area (Å²) in [6.07, 6.45) is 0.823. The Kier molecular flexibility index (Phi) is 5.30. The first-order valence-electron chi connectivity index (χ1n) is 5.98. The van der Waals surface area contributed by atoms with Crippen molar-refractivity contribution in [2.24, 2.45) is 0 Å². The van der Waals surface area contributed by atoms with Crippen LogP contribution in [-0.4, -0.2) is 23.0 Å². The largest absolute Gasteiger partial charge is 0.511 e. The quantitative estimate of drug-likeness (QED) is 0.602.